The number of nitrogens with one attached hydrogen (secondary N) is 1. The fraction of sp³-hybridized carbons (Fsp3) is 0.647. The number of benzene rings is 1. The molecule has 0 bridgehead atoms. The van der Waals surface area contributed by atoms with E-state index in [9.17, 15) is 0 Å². The van der Waals surface area contributed by atoms with Crippen molar-refractivity contribution in [2.24, 2.45) is 11.8 Å². The van der Waals surface area contributed by atoms with Gasteiger partial charge < -0.3 is 5.32 Å². The molecular weight excluding hydrogens is 218 g/mol. The SMILES string of the molecule is CCNCC1CCC(C)CC1c1ccc(C)cc1. The summed E-state index contributed by atoms with van der Waals surface area (Å²) in [5.41, 5.74) is 2.92. The number of hydrogen-bond acceptors (Lipinski definition) is 1. The van der Waals surface area contributed by atoms with Gasteiger partial charge in [-0.15, -0.1) is 0 Å². The van der Waals surface area contributed by atoms with Crippen LogP contribution in [0.4, 0.5) is 0 Å². The van der Waals surface area contributed by atoms with Gasteiger partial charge in [0.1, 0.15) is 0 Å². The Hall–Kier alpha value is -0.820. The van der Waals surface area contributed by atoms with E-state index >= 15 is 0 Å². The third-order valence-electron chi connectivity index (χ3n) is 4.42. The topological polar surface area (TPSA) is 12.0 Å². The molecule has 0 amide bonds. The van der Waals surface area contributed by atoms with E-state index in [1.165, 1.54) is 31.4 Å². The number of aryl methyl sites for hydroxylation is 1. The van der Waals surface area contributed by atoms with Crippen LogP contribution in [-0.2, 0) is 0 Å². The molecule has 1 aromatic rings. The fourth-order valence-electron chi connectivity index (χ4n) is 3.24. The Kier molecular flexibility index (Phi) is 4.82. The van der Waals surface area contributed by atoms with E-state index in [2.05, 4.69) is 50.4 Å². The van der Waals surface area contributed by atoms with E-state index in [1.54, 1.807) is 5.56 Å². The number of rotatable bonds is 4. The Balaban J connectivity index is 2.11. The van der Waals surface area contributed by atoms with Crippen molar-refractivity contribution in [2.75, 3.05) is 13.1 Å². The highest BCUT2D eigenvalue weighted by atomic mass is 14.8. The van der Waals surface area contributed by atoms with E-state index in [-0.39, 0.29) is 0 Å². The summed E-state index contributed by atoms with van der Waals surface area (Å²) in [6.07, 6.45) is 4.14. The smallest absolute Gasteiger partial charge is 0.00148 e. The van der Waals surface area contributed by atoms with Crippen LogP contribution in [0.3, 0.4) is 0 Å². The molecule has 0 spiro atoms. The zero-order chi connectivity index (χ0) is 13.0. The third-order valence-corrected chi connectivity index (χ3v) is 4.42. The first-order valence-electron chi connectivity index (χ1n) is 7.48. The van der Waals surface area contributed by atoms with Gasteiger partial charge in [-0.25, -0.2) is 0 Å². The summed E-state index contributed by atoms with van der Waals surface area (Å²) in [5.74, 6) is 2.46. The fourth-order valence-corrected chi connectivity index (χ4v) is 3.24. The molecule has 1 aliphatic rings. The van der Waals surface area contributed by atoms with Gasteiger partial charge in [0.2, 0.25) is 0 Å². The van der Waals surface area contributed by atoms with Gasteiger partial charge in [-0.1, -0.05) is 50.1 Å². The van der Waals surface area contributed by atoms with Crippen molar-refractivity contribution in [1.82, 2.24) is 5.32 Å². The molecule has 1 N–H and O–H groups in total. The first-order chi connectivity index (χ1) is 8.70. The van der Waals surface area contributed by atoms with Crippen LogP contribution in [0, 0.1) is 18.8 Å². The molecule has 1 aromatic carbocycles. The molecule has 100 valence electrons. The van der Waals surface area contributed by atoms with Gasteiger partial charge in [0.05, 0.1) is 0 Å². The molecule has 1 saturated carbocycles. The molecule has 1 aliphatic carbocycles. The lowest BCUT2D eigenvalue weighted by molar-refractivity contribution is 0.242. The average Bonchev–Trinajstić information content (AvgIpc) is 2.38. The zero-order valence-electron chi connectivity index (χ0n) is 12.1. The summed E-state index contributed by atoms with van der Waals surface area (Å²) in [7, 11) is 0. The van der Waals surface area contributed by atoms with Crippen molar-refractivity contribution >= 4 is 0 Å². The first-order valence-corrected chi connectivity index (χ1v) is 7.48. The summed E-state index contributed by atoms with van der Waals surface area (Å²) in [6.45, 7) is 9.05. The molecule has 0 heterocycles. The molecule has 3 atom stereocenters. The Morgan fingerprint density at radius 2 is 1.89 bits per heavy atom. The van der Waals surface area contributed by atoms with Gasteiger partial charge in [-0.3, -0.25) is 0 Å². The van der Waals surface area contributed by atoms with Crippen molar-refractivity contribution in [3.63, 3.8) is 0 Å². The van der Waals surface area contributed by atoms with Crippen molar-refractivity contribution in [3.05, 3.63) is 35.4 Å². The molecule has 1 fully saturated rings. The van der Waals surface area contributed by atoms with Gasteiger partial charge in [0, 0.05) is 0 Å². The lowest BCUT2D eigenvalue weighted by Crippen LogP contribution is -2.31. The normalized spacial score (nSPS) is 28.3. The highest BCUT2D eigenvalue weighted by Gasteiger charge is 2.29. The van der Waals surface area contributed by atoms with Crippen LogP contribution < -0.4 is 5.32 Å². The third kappa shape index (κ3) is 3.35. The van der Waals surface area contributed by atoms with Crippen LogP contribution in [0.15, 0.2) is 24.3 Å². The molecular formula is C17H27N. The van der Waals surface area contributed by atoms with E-state index in [0.717, 1.165) is 24.3 Å². The maximum Gasteiger partial charge on any atom is -0.00148 e. The second kappa shape index (κ2) is 6.38. The van der Waals surface area contributed by atoms with E-state index in [1.807, 2.05) is 0 Å². The maximum absolute atomic E-state index is 3.54. The van der Waals surface area contributed by atoms with Gasteiger partial charge in [-0.05, 0) is 56.2 Å². The monoisotopic (exact) mass is 245 g/mol. The molecule has 18 heavy (non-hydrogen) atoms. The van der Waals surface area contributed by atoms with Crippen molar-refractivity contribution in [2.45, 2.75) is 46.0 Å². The highest BCUT2D eigenvalue weighted by molar-refractivity contribution is 5.25. The molecule has 3 unspecified atom stereocenters. The minimum atomic E-state index is 0.758. The lowest BCUT2D eigenvalue weighted by Gasteiger charge is -2.35. The second-order valence-corrected chi connectivity index (χ2v) is 6.00. The van der Waals surface area contributed by atoms with Gasteiger partial charge in [0.25, 0.3) is 0 Å². The Labute approximate surface area is 112 Å². The van der Waals surface area contributed by atoms with Crippen molar-refractivity contribution < 1.29 is 0 Å². The Bertz CT molecular complexity index is 352. The summed E-state index contributed by atoms with van der Waals surface area (Å²) in [4.78, 5) is 0. The minimum absolute atomic E-state index is 0.758. The molecule has 0 aliphatic heterocycles. The molecule has 1 nitrogen and oxygen atoms in total. The van der Waals surface area contributed by atoms with Crippen LogP contribution in [0.1, 0.15) is 50.2 Å². The summed E-state index contributed by atoms with van der Waals surface area (Å²) >= 11 is 0. The van der Waals surface area contributed by atoms with Crippen molar-refractivity contribution in [3.8, 4) is 0 Å². The van der Waals surface area contributed by atoms with E-state index in [4.69, 9.17) is 0 Å². The predicted molar refractivity (Wildman–Crippen MR) is 79.0 cm³/mol. The predicted octanol–water partition coefficient (Wildman–Crippen LogP) is 4.12. The average molecular weight is 245 g/mol. The van der Waals surface area contributed by atoms with Gasteiger partial charge >= 0.3 is 0 Å². The van der Waals surface area contributed by atoms with Crippen LogP contribution in [0.25, 0.3) is 0 Å². The number of hydrogen-bond donors (Lipinski definition) is 1. The van der Waals surface area contributed by atoms with Crippen LogP contribution >= 0.6 is 0 Å². The van der Waals surface area contributed by atoms with Gasteiger partial charge in [-0.2, -0.15) is 0 Å². The zero-order valence-corrected chi connectivity index (χ0v) is 12.1. The Morgan fingerprint density at radius 1 is 1.17 bits per heavy atom. The van der Waals surface area contributed by atoms with Crippen LogP contribution in [0.5, 0.6) is 0 Å². The largest absolute Gasteiger partial charge is 0.317 e. The second-order valence-electron chi connectivity index (χ2n) is 6.00. The lowest BCUT2D eigenvalue weighted by atomic mass is 9.71. The van der Waals surface area contributed by atoms with E-state index < -0.39 is 0 Å². The molecule has 0 aromatic heterocycles. The first kappa shape index (κ1) is 13.6. The van der Waals surface area contributed by atoms with E-state index in [0.29, 0.717) is 0 Å². The van der Waals surface area contributed by atoms with Crippen molar-refractivity contribution in [1.29, 1.82) is 0 Å². The van der Waals surface area contributed by atoms with Crippen LogP contribution in [0.2, 0.25) is 0 Å². The molecule has 0 saturated heterocycles. The molecule has 0 radical (unpaired) electrons. The van der Waals surface area contributed by atoms with Gasteiger partial charge in [0.15, 0.2) is 0 Å². The summed E-state index contributed by atoms with van der Waals surface area (Å²) in [5, 5.41) is 3.54. The quantitative estimate of drug-likeness (QED) is 0.841. The standard InChI is InChI=1S/C17H27N/c1-4-18-12-16-10-7-14(3)11-17(16)15-8-5-13(2)6-9-15/h5-6,8-9,14,16-18H,4,7,10-12H2,1-3H3. The minimum Gasteiger partial charge on any atom is -0.317 e. The molecule has 1 heteroatoms. The maximum atomic E-state index is 3.54. The Morgan fingerprint density at radius 3 is 2.56 bits per heavy atom. The summed E-state index contributed by atoms with van der Waals surface area (Å²) in [6, 6.07) is 9.21. The molecule has 2 rings (SSSR count). The summed E-state index contributed by atoms with van der Waals surface area (Å²) < 4.78 is 0. The highest BCUT2D eigenvalue weighted by Crippen LogP contribution is 2.40. The van der Waals surface area contributed by atoms with Crippen LogP contribution in [-0.4, -0.2) is 13.1 Å².